The van der Waals surface area contributed by atoms with E-state index < -0.39 is 5.91 Å². The molecule has 0 aliphatic carbocycles. The molecule has 1 heterocycles. The van der Waals surface area contributed by atoms with E-state index in [-0.39, 0.29) is 22.8 Å². The second-order valence-electron chi connectivity index (χ2n) is 4.37. The molecule has 0 radical (unpaired) electrons. The van der Waals surface area contributed by atoms with E-state index in [1.807, 2.05) is 6.07 Å². The molecule has 1 amide bonds. The number of hydrogen-bond acceptors (Lipinski definition) is 4. The molecule has 1 aromatic heterocycles. The molecule has 0 spiro atoms. The van der Waals surface area contributed by atoms with Gasteiger partial charge in [-0.1, -0.05) is 22.0 Å². The zero-order chi connectivity index (χ0) is 15.6. The number of rotatable bonds is 3. The zero-order valence-electron chi connectivity index (χ0n) is 11.4. The van der Waals surface area contributed by atoms with Crippen molar-refractivity contribution in [2.75, 3.05) is 5.32 Å². The van der Waals surface area contributed by atoms with E-state index in [4.69, 9.17) is 9.68 Å². The van der Waals surface area contributed by atoms with Crippen LogP contribution in [0.5, 0.6) is 0 Å². The highest BCUT2D eigenvalue weighted by Gasteiger charge is 2.22. The Balaban J connectivity index is 2.37. The lowest BCUT2D eigenvalue weighted by Gasteiger charge is -2.03. The number of nitrogens with one attached hydrogen (secondary N) is 1. The lowest BCUT2D eigenvalue weighted by molar-refractivity contribution is 0.101. The number of nitrogens with zero attached hydrogens (tertiary/aromatic N) is 1. The van der Waals surface area contributed by atoms with Crippen molar-refractivity contribution in [2.24, 2.45) is 0 Å². The minimum absolute atomic E-state index is 0.00910. The molecule has 0 saturated heterocycles. The summed E-state index contributed by atoms with van der Waals surface area (Å²) in [7, 11) is 0. The van der Waals surface area contributed by atoms with Gasteiger partial charge < -0.3 is 4.42 Å². The van der Waals surface area contributed by atoms with Gasteiger partial charge in [-0.05, 0) is 32.0 Å². The fourth-order valence-electron chi connectivity index (χ4n) is 1.97. The Morgan fingerprint density at radius 1 is 1.38 bits per heavy atom. The number of carbonyl (C=O) groups excluding carboxylic acids is 2. The van der Waals surface area contributed by atoms with Gasteiger partial charge in [0.15, 0.2) is 5.78 Å². The monoisotopic (exact) mass is 346 g/mol. The predicted molar refractivity (Wildman–Crippen MR) is 80.3 cm³/mol. The summed E-state index contributed by atoms with van der Waals surface area (Å²) >= 11 is 3.28. The molecular weight excluding hydrogens is 336 g/mol. The van der Waals surface area contributed by atoms with Crippen LogP contribution in [0.4, 0.5) is 5.88 Å². The number of anilines is 1. The fourth-order valence-corrected chi connectivity index (χ4v) is 2.37. The first-order chi connectivity index (χ1) is 9.93. The Kier molecular flexibility index (Phi) is 4.24. The number of halogens is 1. The summed E-state index contributed by atoms with van der Waals surface area (Å²) in [4.78, 5) is 23.7. The van der Waals surface area contributed by atoms with Crippen molar-refractivity contribution < 1.29 is 14.0 Å². The molecule has 106 valence electrons. The third-order valence-corrected chi connectivity index (χ3v) is 3.36. The number of amides is 1. The van der Waals surface area contributed by atoms with Gasteiger partial charge in [0.1, 0.15) is 17.4 Å². The highest BCUT2D eigenvalue weighted by atomic mass is 79.9. The van der Waals surface area contributed by atoms with Gasteiger partial charge in [-0.2, -0.15) is 5.26 Å². The van der Waals surface area contributed by atoms with E-state index in [9.17, 15) is 9.59 Å². The SMILES string of the molecule is CC(=O)c1c(C)oc(NC(=O)c2cccc(Br)c2)c1C#N. The van der Waals surface area contributed by atoms with Crippen molar-refractivity contribution in [3.8, 4) is 6.07 Å². The highest BCUT2D eigenvalue weighted by Crippen LogP contribution is 2.27. The molecule has 0 aliphatic rings. The Hall–Kier alpha value is -2.39. The van der Waals surface area contributed by atoms with Gasteiger partial charge in [-0.15, -0.1) is 0 Å². The number of nitriles is 1. The second kappa shape index (κ2) is 5.94. The van der Waals surface area contributed by atoms with Crippen LogP contribution in [0.1, 0.15) is 39.0 Å². The minimum Gasteiger partial charge on any atom is -0.443 e. The molecule has 2 aromatic rings. The number of aryl methyl sites for hydroxylation is 1. The van der Waals surface area contributed by atoms with E-state index in [1.165, 1.54) is 6.92 Å². The van der Waals surface area contributed by atoms with Gasteiger partial charge >= 0.3 is 0 Å². The van der Waals surface area contributed by atoms with E-state index in [2.05, 4.69) is 21.2 Å². The molecule has 0 bridgehead atoms. The first-order valence-corrected chi connectivity index (χ1v) is 6.84. The van der Waals surface area contributed by atoms with Crippen LogP contribution in [0.2, 0.25) is 0 Å². The predicted octanol–water partition coefficient (Wildman–Crippen LogP) is 3.68. The Morgan fingerprint density at radius 2 is 2.10 bits per heavy atom. The van der Waals surface area contributed by atoms with Crippen molar-refractivity contribution in [3.63, 3.8) is 0 Å². The van der Waals surface area contributed by atoms with Crippen molar-refractivity contribution in [3.05, 3.63) is 51.2 Å². The molecule has 0 unspecified atom stereocenters. The smallest absolute Gasteiger partial charge is 0.258 e. The molecule has 1 aromatic carbocycles. The maximum atomic E-state index is 12.1. The lowest BCUT2D eigenvalue weighted by Crippen LogP contribution is -2.12. The summed E-state index contributed by atoms with van der Waals surface area (Å²) in [6, 6.07) is 8.69. The quantitative estimate of drug-likeness (QED) is 0.859. The molecule has 0 aliphatic heterocycles. The van der Waals surface area contributed by atoms with Crippen molar-refractivity contribution in [1.82, 2.24) is 0 Å². The molecule has 0 fully saturated rings. The summed E-state index contributed by atoms with van der Waals surface area (Å²) in [5.41, 5.74) is 0.650. The van der Waals surface area contributed by atoms with Crippen molar-refractivity contribution in [1.29, 1.82) is 5.26 Å². The van der Waals surface area contributed by atoms with E-state index >= 15 is 0 Å². The van der Waals surface area contributed by atoms with Gasteiger partial charge in [-0.25, -0.2) is 0 Å². The second-order valence-corrected chi connectivity index (χ2v) is 5.29. The number of hydrogen-bond donors (Lipinski definition) is 1. The highest BCUT2D eigenvalue weighted by molar-refractivity contribution is 9.10. The number of carbonyl (C=O) groups is 2. The Morgan fingerprint density at radius 3 is 2.67 bits per heavy atom. The standard InChI is InChI=1S/C15H11BrN2O3/c1-8(19)13-9(2)21-15(12(13)7-17)18-14(20)10-4-3-5-11(16)6-10/h3-6H,1-2H3,(H,18,20). The maximum absolute atomic E-state index is 12.1. The zero-order valence-corrected chi connectivity index (χ0v) is 12.9. The molecule has 0 atom stereocenters. The van der Waals surface area contributed by atoms with Crippen LogP contribution < -0.4 is 5.32 Å². The maximum Gasteiger partial charge on any atom is 0.258 e. The van der Waals surface area contributed by atoms with Gasteiger partial charge in [0.2, 0.25) is 5.88 Å². The number of furan rings is 1. The topological polar surface area (TPSA) is 83.1 Å². The summed E-state index contributed by atoms with van der Waals surface area (Å²) in [5.74, 6) is -0.402. The summed E-state index contributed by atoms with van der Waals surface area (Å²) < 4.78 is 6.09. The van der Waals surface area contributed by atoms with Crippen LogP contribution in [0.3, 0.4) is 0 Å². The summed E-state index contributed by atoms with van der Waals surface area (Å²) in [6.07, 6.45) is 0. The molecule has 21 heavy (non-hydrogen) atoms. The van der Waals surface area contributed by atoms with Crippen LogP contribution in [-0.4, -0.2) is 11.7 Å². The van der Waals surface area contributed by atoms with Gasteiger partial charge in [0, 0.05) is 10.0 Å². The van der Waals surface area contributed by atoms with Gasteiger partial charge in [0.25, 0.3) is 5.91 Å². The first kappa shape index (κ1) is 15.0. The van der Waals surface area contributed by atoms with E-state index in [0.29, 0.717) is 11.3 Å². The molecule has 0 saturated carbocycles. The van der Waals surface area contributed by atoms with Crippen LogP contribution >= 0.6 is 15.9 Å². The normalized spacial score (nSPS) is 10.0. The molecule has 2 rings (SSSR count). The number of benzene rings is 1. The molecule has 5 nitrogen and oxygen atoms in total. The van der Waals surface area contributed by atoms with Crippen molar-refractivity contribution >= 4 is 33.5 Å². The van der Waals surface area contributed by atoms with Gasteiger partial charge in [0.05, 0.1) is 5.56 Å². The average Bonchev–Trinajstić information content (AvgIpc) is 2.74. The van der Waals surface area contributed by atoms with Crippen LogP contribution in [0.15, 0.2) is 33.2 Å². The molecule has 6 heteroatoms. The third-order valence-electron chi connectivity index (χ3n) is 2.86. The Labute approximate surface area is 129 Å². The largest absolute Gasteiger partial charge is 0.443 e. The Bertz CT molecular complexity index is 772. The molecular formula is C15H11BrN2O3. The number of Topliss-reactive ketones (excluding diaryl/α,β-unsaturated/α-hetero) is 1. The summed E-state index contributed by atoms with van der Waals surface area (Å²) in [6.45, 7) is 2.92. The first-order valence-electron chi connectivity index (χ1n) is 6.05. The fraction of sp³-hybridized carbons (Fsp3) is 0.133. The van der Waals surface area contributed by atoms with E-state index in [0.717, 1.165) is 4.47 Å². The van der Waals surface area contributed by atoms with Crippen LogP contribution in [0.25, 0.3) is 0 Å². The average molecular weight is 347 g/mol. The van der Waals surface area contributed by atoms with Crippen molar-refractivity contribution in [2.45, 2.75) is 13.8 Å². The number of ketones is 1. The van der Waals surface area contributed by atoms with Crippen LogP contribution in [0, 0.1) is 18.3 Å². The van der Waals surface area contributed by atoms with Gasteiger partial charge in [-0.3, -0.25) is 14.9 Å². The lowest BCUT2D eigenvalue weighted by atomic mass is 10.1. The minimum atomic E-state index is -0.420. The summed E-state index contributed by atoms with van der Waals surface area (Å²) in [5, 5.41) is 11.7. The molecule has 1 N–H and O–H groups in total. The van der Waals surface area contributed by atoms with E-state index in [1.54, 1.807) is 31.2 Å². The van der Waals surface area contributed by atoms with Crippen LogP contribution in [-0.2, 0) is 0 Å². The third kappa shape index (κ3) is 3.03.